The first-order valence-electron chi connectivity index (χ1n) is 4.62. The monoisotopic (exact) mass is 178 g/mol. The van der Waals surface area contributed by atoms with E-state index in [1.54, 1.807) is 4.90 Å². The number of piperazine rings is 1. The molecule has 0 unspecified atom stereocenters. The lowest BCUT2D eigenvalue weighted by molar-refractivity contribution is -0.135. The van der Waals surface area contributed by atoms with E-state index in [0.717, 1.165) is 25.9 Å². The summed E-state index contributed by atoms with van der Waals surface area (Å²) in [6.45, 7) is 2.85. The summed E-state index contributed by atoms with van der Waals surface area (Å²) in [6.07, 6.45) is 1.49. The Morgan fingerprint density at radius 1 is 1.38 bits per heavy atom. The van der Waals surface area contributed by atoms with Crippen LogP contribution in [0.3, 0.4) is 0 Å². The molecule has 1 aliphatic carbocycles. The van der Waals surface area contributed by atoms with Gasteiger partial charge in [-0.1, -0.05) is 0 Å². The lowest BCUT2D eigenvalue weighted by Gasteiger charge is -2.28. The third-order valence-corrected chi connectivity index (χ3v) is 2.72. The van der Waals surface area contributed by atoms with Gasteiger partial charge in [0.1, 0.15) is 5.41 Å². The zero-order valence-electron chi connectivity index (χ0n) is 7.49. The van der Waals surface area contributed by atoms with Crippen LogP contribution in [-0.4, -0.2) is 37.0 Å². The van der Waals surface area contributed by atoms with Gasteiger partial charge in [0, 0.05) is 26.2 Å². The maximum atomic E-state index is 11.8. The molecule has 69 valence electrons. The van der Waals surface area contributed by atoms with Crippen molar-refractivity contribution in [3.05, 3.63) is 0 Å². The van der Waals surface area contributed by atoms with Crippen LogP contribution in [0.25, 0.3) is 0 Å². The van der Waals surface area contributed by atoms with Crippen molar-refractivity contribution in [2.45, 2.75) is 12.8 Å². The molecule has 2 rings (SSSR count). The quantitative estimate of drug-likeness (QED) is 0.555. The van der Waals surface area contributed by atoms with E-state index in [-0.39, 0.29) is 5.91 Å². The van der Waals surface area contributed by atoms with Gasteiger partial charge in [0.05, 0.1) is 6.07 Å². The summed E-state index contributed by atoms with van der Waals surface area (Å²) < 4.78 is 0. The molecule has 0 atom stereocenters. The predicted octanol–water partition coefficient (Wildman–Crippen LogP) is -0.263. The molecule has 0 N–H and O–H groups in total. The van der Waals surface area contributed by atoms with Gasteiger partial charge >= 0.3 is 0 Å². The Morgan fingerprint density at radius 3 is 2.46 bits per heavy atom. The molecule has 1 saturated carbocycles. The van der Waals surface area contributed by atoms with E-state index in [0.29, 0.717) is 13.1 Å². The minimum absolute atomic E-state index is 0.0323. The van der Waals surface area contributed by atoms with E-state index in [9.17, 15) is 4.79 Å². The van der Waals surface area contributed by atoms with Crippen molar-refractivity contribution >= 4 is 5.91 Å². The molecule has 1 amide bonds. The largest absolute Gasteiger partial charge is 0.339 e. The fourth-order valence-corrected chi connectivity index (χ4v) is 1.61. The molecule has 13 heavy (non-hydrogen) atoms. The molecule has 0 bridgehead atoms. The van der Waals surface area contributed by atoms with Crippen LogP contribution in [0.2, 0.25) is 0 Å². The van der Waals surface area contributed by atoms with Crippen LogP contribution in [-0.2, 0) is 4.79 Å². The van der Waals surface area contributed by atoms with Crippen LogP contribution in [0, 0.1) is 16.7 Å². The van der Waals surface area contributed by atoms with E-state index >= 15 is 0 Å². The summed E-state index contributed by atoms with van der Waals surface area (Å²) in [5.41, 5.74) is -0.642. The van der Waals surface area contributed by atoms with Crippen molar-refractivity contribution in [2.24, 2.45) is 5.41 Å². The molecule has 0 aromatic rings. The summed E-state index contributed by atoms with van der Waals surface area (Å²) in [5.74, 6) is 0.0323. The molecule has 4 heteroatoms. The molecule has 0 aromatic carbocycles. The SMILES string of the molecule is N#CC1(C(=O)N2CC[N]CC2)CC1. The van der Waals surface area contributed by atoms with Crippen LogP contribution in [0.5, 0.6) is 0 Å². The van der Waals surface area contributed by atoms with Gasteiger partial charge in [0.25, 0.3) is 0 Å². The molecule has 1 radical (unpaired) electrons. The highest BCUT2D eigenvalue weighted by atomic mass is 16.2. The van der Waals surface area contributed by atoms with E-state index in [2.05, 4.69) is 11.4 Å². The highest BCUT2D eigenvalue weighted by Gasteiger charge is 2.52. The maximum absolute atomic E-state index is 11.8. The standard InChI is InChI=1S/C9H12N3O/c10-7-9(1-2-9)8(13)12-5-3-11-4-6-12/h1-6H2. The van der Waals surface area contributed by atoms with Gasteiger partial charge in [0.2, 0.25) is 5.91 Å². The summed E-state index contributed by atoms with van der Waals surface area (Å²) in [5, 5.41) is 13.0. The number of carbonyl (C=O) groups is 1. The third kappa shape index (κ3) is 1.40. The lowest BCUT2D eigenvalue weighted by atomic mass is 10.1. The highest BCUT2D eigenvalue weighted by molar-refractivity contribution is 5.88. The molecule has 2 fully saturated rings. The van der Waals surface area contributed by atoms with Crippen LogP contribution in [0.4, 0.5) is 0 Å². The Labute approximate surface area is 77.5 Å². The van der Waals surface area contributed by atoms with Crippen LogP contribution in [0.15, 0.2) is 0 Å². The number of amides is 1. The Balaban J connectivity index is 2.00. The third-order valence-electron chi connectivity index (χ3n) is 2.72. The normalized spacial score (nSPS) is 25.0. The smallest absolute Gasteiger partial charge is 0.243 e. The van der Waals surface area contributed by atoms with Gasteiger partial charge in [-0.05, 0) is 12.8 Å². The first kappa shape index (κ1) is 8.52. The van der Waals surface area contributed by atoms with Gasteiger partial charge < -0.3 is 4.90 Å². The van der Waals surface area contributed by atoms with Crippen molar-refractivity contribution in [2.75, 3.05) is 26.2 Å². The number of hydrogen-bond acceptors (Lipinski definition) is 2. The second kappa shape index (κ2) is 3.00. The predicted molar refractivity (Wildman–Crippen MR) is 45.7 cm³/mol. The number of hydrogen-bond donors (Lipinski definition) is 0. The second-order valence-electron chi connectivity index (χ2n) is 3.66. The molecule has 1 aliphatic heterocycles. The average molecular weight is 178 g/mol. The molecular weight excluding hydrogens is 166 g/mol. The molecule has 1 heterocycles. The number of rotatable bonds is 1. The van der Waals surface area contributed by atoms with Gasteiger partial charge in [-0.25, -0.2) is 5.32 Å². The molecule has 4 nitrogen and oxygen atoms in total. The van der Waals surface area contributed by atoms with Crippen molar-refractivity contribution < 1.29 is 4.79 Å². The fourth-order valence-electron chi connectivity index (χ4n) is 1.61. The molecule has 0 spiro atoms. The van der Waals surface area contributed by atoms with E-state index in [1.165, 1.54) is 0 Å². The van der Waals surface area contributed by atoms with Gasteiger partial charge in [-0.2, -0.15) is 5.26 Å². The number of carbonyl (C=O) groups excluding carboxylic acids is 1. The Morgan fingerprint density at radius 2 is 2.00 bits per heavy atom. The van der Waals surface area contributed by atoms with Gasteiger partial charge in [-0.15, -0.1) is 0 Å². The van der Waals surface area contributed by atoms with E-state index < -0.39 is 5.41 Å². The minimum Gasteiger partial charge on any atom is -0.339 e. The van der Waals surface area contributed by atoms with Crippen LogP contribution in [0.1, 0.15) is 12.8 Å². The highest BCUT2D eigenvalue weighted by Crippen LogP contribution is 2.46. The maximum Gasteiger partial charge on any atom is 0.243 e. The summed E-state index contributed by atoms with van der Waals surface area (Å²) in [4.78, 5) is 13.6. The minimum atomic E-state index is -0.642. The van der Waals surface area contributed by atoms with Crippen LogP contribution < -0.4 is 5.32 Å². The lowest BCUT2D eigenvalue weighted by Crippen LogP contribution is -2.46. The zero-order valence-corrected chi connectivity index (χ0v) is 7.49. The van der Waals surface area contributed by atoms with Gasteiger partial charge in [0.15, 0.2) is 0 Å². The Bertz CT molecular complexity index is 259. The van der Waals surface area contributed by atoms with Crippen LogP contribution >= 0.6 is 0 Å². The Kier molecular flexibility index (Phi) is 1.97. The number of nitrogens with zero attached hydrogens (tertiary/aromatic N) is 3. The van der Waals surface area contributed by atoms with Gasteiger partial charge in [-0.3, -0.25) is 4.79 Å². The molecule has 1 saturated heterocycles. The van der Waals surface area contributed by atoms with Crippen molar-refractivity contribution in [1.29, 1.82) is 5.26 Å². The van der Waals surface area contributed by atoms with E-state index in [1.807, 2.05) is 0 Å². The molecule has 2 aliphatic rings. The average Bonchev–Trinajstić information content (AvgIpc) is 2.99. The van der Waals surface area contributed by atoms with E-state index in [4.69, 9.17) is 5.26 Å². The summed E-state index contributed by atoms with van der Waals surface area (Å²) >= 11 is 0. The summed E-state index contributed by atoms with van der Waals surface area (Å²) in [6, 6.07) is 2.13. The molecular formula is C9H12N3O. The first-order valence-corrected chi connectivity index (χ1v) is 4.62. The first-order chi connectivity index (χ1) is 6.28. The topological polar surface area (TPSA) is 58.2 Å². The Hall–Kier alpha value is -1.08. The second-order valence-corrected chi connectivity index (χ2v) is 3.66. The molecule has 0 aromatic heterocycles. The zero-order chi connectivity index (χ0) is 9.31. The van der Waals surface area contributed by atoms with Crippen molar-refractivity contribution in [1.82, 2.24) is 10.2 Å². The van der Waals surface area contributed by atoms with Crippen molar-refractivity contribution in [3.8, 4) is 6.07 Å². The fraction of sp³-hybridized carbons (Fsp3) is 0.778. The van der Waals surface area contributed by atoms with Crippen molar-refractivity contribution in [3.63, 3.8) is 0 Å². The summed E-state index contributed by atoms with van der Waals surface area (Å²) in [7, 11) is 0. The number of nitriles is 1.